The monoisotopic (exact) mass is 354 g/mol. The predicted molar refractivity (Wildman–Crippen MR) is 90.5 cm³/mol. The first kappa shape index (κ1) is 18.3. The molecule has 0 fully saturated rings. The van der Waals surface area contributed by atoms with Crippen LogP contribution >= 0.6 is 0 Å². The van der Waals surface area contributed by atoms with E-state index in [0.717, 1.165) is 18.2 Å². The van der Waals surface area contributed by atoms with Crippen molar-refractivity contribution in [1.82, 2.24) is 0 Å². The zero-order chi connectivity index (χ0) is 18.3. The highest BCUT2D eigenvalue weighted by Gasteiger charge is 2.50. The number of sulfone groups is 1. The molecule has 1 aliphatic heterocycles. The van der Waals surface area contributed by atoms with E-state index in [1.54, 1.807) is 13.8 Å². The van der Waals surface area contributed by atoms with Gasteiger partial charge in [0, 0.05) is 23.4 Å². The number of nitrogens with zero attached hydrogens (tertiary/aromatic N) is 2. The van der Waals surface area contributed by atoms with Crippen LogP contribution in [0.5, 0.6) is 0 Å². The number of nitro benzene ring substituents is 1. The summed E-state index contributed by atoms with van der Waals surface area (Å²) >= 11 is 0. The Labute approximate surface area is 140 Å². The lowest BCUT2D eigenvalue weighted by Crippen LogP contribution is -2.52. The van der Waals surface area contributed by atoms with Crippen molar-refractivity contribution in [1.29, 1.82) is 0 Å². The van der Waals surface area contributed by atoms with Gasteiger partial charge in [-0.3, -0.25) is 15.1 Å². The molecule has 0 aromatic heterocycles. The van der Waals surface area contributed by atoms with Crippen molar-refractivity contribution < 1.29 is 17.7 Å². The Morgan fingerprint density at radius 1 is 1.46 bits per heavy atom. The van der Waals surface area contributed by atoms with Crippen molar-refractivity contribution in [2.75, 3.05) is 5.75 Å². The molecule has 1 aromatic rings. The van der Waals surface area contributed by atoms with Crippen LogP contribution in [0, 0.1) is 15.9 Å². The summed E-state index contributed by atoms with van der Waals surface area (Å²) in [5.41, 5.74) is -1.49. The van der Waals surface area contributed by atoms with Gasteiger partial charge < -0.3 is 0 Å². The Kier molecular flexibility index (Phi) is 4.39. The predicted octanol–water partition coefficient (Wildman–Crippen LogP) is 3.17. The second kappa shape index (κ2) is 5.77. The summed E-state index contributed by atoms with van der Waals surface area (Å²) in [5, 5.41) is 10.9. The van der Waals surface area contributed by atoms with Crippen molar-refractivity contribution >= 4 is 21.2 Å². The Balaban J connectivity index is 2.69. The normalized spacial score (nSPS) is 28.9. The van der Waals surface area contributed by atoms with Gasteiger partial charge in [0.25, 0.3) is 5.69 Å². The van der Waals surface area contributed by atoms with Gasteiger partial charge in [0.1, 0.15) is 10.6 Å². The molecular formula is C16H19FN2O4S. The highest BCUT2D eigenvalue weighted by molar-refractivity contribution is 7.93. The van der Waals surface area contributed by atoms with E-state index >= 15 is 0 Å². The molecule has 1 heterocycles. The number of nitro groups is 1. The van der Waals surface area contributed by atoms with Crippen LogP contribution in [0.25, 0.3) is 0 Å². The van der Waals surface area contributed by atoms with Gasteiger partial charge >= 0.3 is 0 Å². The fourth-order valence-corrected chi connectivity index (χ4v) is 5.15. The topological polar surface area (TPSA) is 89.6 Å². The van der Waals surface area contributed by atoms with Crippen LogP contribution in [0.4, 0.5) is 10.1 Å². The Morgan fingerprint density at radius 2 is 2.08 bits per heavy atom. The number of hydrogen-bond donors (Lipinski definition) is 0. The van der Waals surface area contributed by atoms with Crippen molar-refractivity contribution in [2.45, 2.75) is 37.5 Å². The molecule has 0 bridgehead atoms. The third-order valence-corrected chi connectivity index (χ3v) is 7.39. The molecule has 2 atom stereocenters. The van der Waals surface area contributed by atoms with Gasteiger partial charge in [-0.15, -0.1) is 6.58 Å². The largest absolute Gasteiger partial charge is 0.280 e. The fourth-order valence-electron chi connectivity index (χ4n) is 3.00. The summed E-state index contributed by atoms with van der Waals surface area (Å²) in [5.74, 6) is -1.15. The van der Waals surface area contributed by atoms with E-state index in [2.05, 4.69) is 11.6 Å². The molecule has 0 saturated heterocycles. The lowest BCUT2D eigenvalue weighted by molar-refractivity contribution is -0.385. The number of allylic oxidation sites excluding steroid dienone is 1. The molecule has 0 amide bonds. The SMILES string of the molecule is C=CCC1(C)C(C)=N[C@](C)(c2cc([N+](=O)[O-])ccc2F)CS1(=O)=O. The van der Waals surface area contributed by atoms with E-state index in [1.807, 2.05) is 0 Å². The molecule has 130 valence electrons. The van der Waals surface area contributed by atoms with Gasteiger partial charge in [0.15, 0.2) is 9.84 Å². The zero-order valence-electron chi connectivity index (χ0n) is 13.7. The van der Waals surface area contributed by atoms with E-state index in [-0.39, 0.29) is 17.7 Å². The summed E-state index contributed by atoms with van der Waals surface area (Å²) in [6.45, 7) is 8.20. The summed E-state index contributed by atoms with van der Waals surface area (Å²) in [6, 6.07) is 3.06. The van der Waals surface area contributed by atoms with E-state index in [9.17, 15) is 22.9 Å². The van der Waals surface area contributed by atoms with Gasteiger partial charge in [0.2, 0.25) is 0 Å². The van der Waals surface area contributed by atoms with Crippen LogP contribution in [0.1, 0.15) is 32.8 Å². The Morgan fingerprint density at radius 3 is 2.58 bits per heavy atom. The maximum atomic E-state index is 14.3. The summed E-state index contributed by atoms with van der Waals surface area (Å²) < 4.78 is 38.8. The number of non-ortho nitro benzene ring substituents is 1. The molecule has 0 N–H and O–H groups in total. The van der Waals surface area contributed by atoms with Crippen molar-refractivity contribution in [3.05, 3.63) is 52.3 Å². The highest BCUT2D eigenvalue weighted by atomic mass is 32.2. The first-order valence-electron chi connectivity index (χ1n) is 7.31. The lowest BCUT2D eigenvalue weighted by Gasteiger charge is -2.40. The first-order chi connectivity index (χ1) is 11.0. The van der Waals surface area contributed by atoms with Crippen LogP contribution in [0.15, 0.2) is 35.8 Å². The molecule has 1 unspecified atom stereocenters. The molecule has 2 rings (SSSR count). The third-order valence-electron chi connectivity index (χ3n) is 4.61. The van der Waals surface area contributed by atoms with Crippen LogP contribution in [-0.2, 0) is 15.4 Å². The van der Waals surface area contributed by atoms with E-state index in [0.29, 0.717) is 5.71 Å². The maximum absolute atomic E-state index is 14.3. The minimum Gasteiger partial charge on any atom is -0.280 e. The van der Waals surface area contributed by atoms with Crippen molar-refractivity contribution in [3.63, 3.8) is 0 Å². The van der Waals surface area contributed by atoms with Gasteiger partial charge in [-0.25, -0.2) is 12.8 Å². The van der Waals surface area contributed by atoms with E-state index in [1.165, 1.54) is 13.0 Å². The van der Waals surface area contributed by atoms with Gasteiger partial charge in [-0.1, -0.05) is 6.08 Å². The third kappa shape index (κ3) is 2.75. The molecule has 1 aliphatic rings. The second-order valence-electron chi connectivity index (χ2n) is 6.38. The minimum absolute atomic E-state index is 0.0970. The number of hydrogen-bond acceptors (Lipinski definition) is 5. The van der Waals surface area contributed by atoms with Crippen LogP contribution in [0.2, 0.25) is 0 Å². The molecule has 0 saturated carbocycles. The average molecular weight is 354 g/mol. The highest BCUT2D eigenvalue weighted by Crippen LogP contribution is 2.41. The van der Waals surface area contributed by atoms with E-state index < -0.39 is 36.6 Å². The van der Waals surface area contributed by atoms with Gasteiger partial charge in [0.05, 0.1) is 16.2 Å². The van der Waals surface area contributed by atoms with Crippen LogP contribution in [-0.4, -0.2) is 29.6 Å². The molecule has 0 aliphatic carbocycles. The van der Waals surface area contributed by atoms with Crippen LogP contribution < -0.4 is 0 Å². The van der Waals surface area contributed by atoms with E-state index in [4.69, 9.17) is 0 Å². The molecule has 0 spiro atoms. The number of aliphatic imine (C=N–C) groups is 1. The molecular weight excluding hydrogens is 335 g/mol. The molecule has 0 radical (unpaired) electrons. The number of rotatable bonds is 4. The first-order valence-corrected chi connectivity index (χ1v) is 8.96. The van der Waals surface area contributed by atoms with Crippen LogP contribution in [0.3, 0.4) is 0 Å². The standard InChI is InChI=1S/C16H19FN2O4S/c1-5-8-16(4)11(2)18-15(3,10-24(16,22)23)13-9-12(19(20)21)6-7-14(13)17/h5-7,9H,1,8,10H2,2-4H3/t15-,16?/m0/s1. The van der Waals surface area contributed by atoms with Crippen molar-refractivity contribution in [3.8, 4) is 0 Å². The Bertz CT molecular complexity index is 850. The average Bonchev–Trinajstić information content (AvgIpc) is 2.45. The molecule has 1 aromatic carbocycles. The maximum Gasteiger partial charge on any atom is 0.270 e. The lowest BCUT2D eigenvalue weighted by atomic mass is 9.91. The molecule has 6 nitrogen and oxygen atoms in total. The summed E-state index contributed by atoms with van der Waals surface area (Å²) in [4.78, 5) is 14.7. The van der Waals surface area contributed by atoms with Gasteiger partial charge in [-0.05, 0) is 33.3 Å². The fraction of sp³-hybridized carbons (Fsp3) is 0.438. The van der Waals surface area contributed by atoms with Gasteiger partial charge in [-0.2, -0.15) is 0 Å². The number of halogens is 1. The minimum atomic E-state index is -3.68. The second-order valence-corrected chi connectivity index (χ2v) is 8.79. The Hall–Kier alpha value is -2.09. The molecule has 24 heavy (non-hydrogen) atoms. The summed E-state index contributed by atoms with van der Waals surface area (Å²) in [6.07, 6.45) is 1.70. The van der Waals surface area contributed by atoms with Crippen molar-refractivity contribution in [2.24, 2.45) is 4.99 Å². The quantitative estimate of drug-likeness (QED) is 0.472. The number of benzene rings is 1. The molecule has 8 heteroatoms. The summed E-state index contributed by atoms with van der Waals surface area (Å²) in [7, 11) is -3.68. The zero-order valence-corrected chi connectivity index (χ0v) is 14.6. The smallest absolute Gasteiger partial charge is 0.270 e.